The molecule has 0 radical (unpaired) electrons. The second-order valence-electron chi connectivity index (χ2n) is 4.71. The zero-order valence-electron chi connectivity index (χ0n) is 10.5. The molecule has 1 amide bonds. The summed E-state index contributed by atoms with van der Waals surface area (Å²) >= 11 is 0. The maximum Gasteiger partial charge on any atom is 0.243 e. The van der Waals surface area contributed by atoms with Gasteiger partial charge in [-0.25, -0.2) is 14.2 Å². The van der Waals surface area contributed by atoms with Gasteiger partial charge in [0.1, 0.15) is 0 Å². The third kappa shape index (κ3) is 3.59. The first-order valence-corrected chi connectivity index (χ1v) is 6.45. The molecule has 0 aliphatic heterocycles. The average Bonchev–Trinajstić information content (AvgIpc) is 2.44. The van der Waals surface area contributed by atoms with Crippen LogP contribution in [0.15, 0.2) is 23.3 Å². The lowest BCUT2D eigenvalue weighted by Gasteiger charge is -2.19. The predicted molar refractivity (Wildman–Crippen MR) is 68.7 cm³/mol. The molecule has 2 rings (SSSR count). The summed E-state index contributed by atoms with van der Waals surface area (Å²) in [7, 11) is 0. The van der Waals surface area contributed by atoms with Crippen LogP contribution in [0.2, 0.25) is 0 Å². The van der Waals surface area contributed by atoms with Crippen LogP contribution in [0.5, 0.6) is 0 Å². The number of rotatable bonds is 3. The lowest BCUT2D eigenvalue weighted by molar-refractivity contribution is -0.125. The van der Waals surface area contributed by atoms with E-state index in [0.717, 1.165) is 38.0 Å². The minimum atomic E-state index is -0.960. The van der Waals surface area contributed by atoms with Crippen LogP contribution >= 0.6 is 0 Å². The lowest BCUT2D eigenvalue weighted by Crippen LogP contribution is -2.28. The minimum absolute atomic E-state index is 0.0109. The molecular formula is C14H16F2N2O. The highest BCUT2D eigenvalue weighted by Crippen LogP contribution is 2.23. The van der Waals surface area contributed by atoms with Gasteiger partial charge in [0.2, 0.25) is 5.91 Å². The fourth-order valence-electron chi connectivity index (χ4n) is 2.24. The molecule has 3 nitrogen and oxygen atoms in total. The van der Waals surface area contributed by atoms with Crippen LogP contribution in [0.1, 0.15) is 37.7 Å². The quantitative estimate of drug-likeness (QED) is 0.663. The Morgan fingerprint density at radius 3 is 2.74 bits per heavy atom. The third-order valence-electron chi connectivity index (χ3n) is 3.34. The smallest absolute Gasteiger partial charge is 0.243 e. The Balaban J connectivity index is 1.92. The van der Waals surface area contributed by atoms with Crippen LogP contribution in [0, 0.1) is 17.6 Å². The number of nitrogens with zero attached hydrogens (tertiary/aromatic N) is 1. The highest BCUT2D eigenvalue weighted by Gasteiger charge is 2.20. The first-order chi connectivity index (χ1) is 9.18. The van der Waals surface area contributed by atoms with Gasteiger partial charge in [-0.1, -0.05) is 31.4 Å². The fourth-order valence-corrected chi connectivity index (χ4v) is 2.24. The molecule has 1 fully saturated rings. The highest BCUT2D eigenvalue weighted by atomic mass is 19.2. The molecule has 0 bridgehead atoms. The van der Waals surface area contributed by atoms with Gasteiger partial charge in [0.15, 0.2) is 11.6 Å². The van der Waals surface area contributed by atoms with Crippen molar-refractivity contribution in [1.29, 1.82) is 0 Å². The molecule has 102 valence electrons. The summed E-state index contributed by atoms with van der Waals surface area (Å²) in [6.45, 7) is 0. The van der Waals surface area contributed by atoms with E-state index < -0.39 is 11.6 Å². The average molecular weight is 266 g/mol. The maximum absolute atomic E-state index is 13.3. The molecule has 0 heterocycles. The zero-order chi connectivity index (χ0) is 13.7. The molecule has 1 aromatic carbocycles. The first-order valence-electron chi connectivity index (χ1n) is 6.45. The Hall–Kier alpha value is -1.78. The number of hydrazone groups is 1. The summed E-state index contributed by atoms with van der Waals surface area (Å²) < 4.78 is 26.2. The number of nitrogens with one attached hydrogen (secondary N) is 1. The first kappa shape index (κ1) is 13.6. The van der Waals surface area contributed by atoms with E-state index in [4.69, 9.17) is 0 Å². The molecule has 0 saturated heterocycles. The van der Waals surface area contributed by atoms with Crippen molar-refractivity contribution in [2.24, 2.45) is 11.0 Å². The van der Waals surface area contributed by atoms with Crippen LogP contribution < -0.4 is 5.43 Å². The number of carbonyl (C=O) groups excluding carboxylic acids is 1. The SMILES string of the molecule is O=C(NN=Cc1cccc(F)c1F)C1CCCCC1. The molecule has 5 heteroatoms. The second-order valence-corrected chi connectivity index (χ2v) is 4.71. The van der Waals surface area contributed by atoms with E-state index in [0.29, 0.717) is 0 Å². The van der Waals surface area contributed by atoms with Gasteiger partial charge in [0, 0.05) is 11.5 Å². The number of benzene rings is 1. The molecule has 1 aromatic rings. The second kappa shape index (κ2) is 6.41. The van der Waals surface area contributed by atoms with Gasteiger partial charge in [-0.15, -0.1) is 0 Å². The van der Waals surface area contributed by atoms with Gasteiger partial charge in [-0.05, 0) is 18.9 Å². The summed E-state index contributed by atoms with van der Waals surface area (Å²) in [5.74, 6) is -2.04. The molecule has 0 atom stereocenters. The zero-order valence-corrected chi connectivity index (χ0v) is 10.5. The van der Waals surface area contributed by atoms with Gasteiger partial charge < -0.3 is 0 Å². The highest BCUT2D eigenvalue weighted by molar-refractivity contribution is 5.83. The Labute approximate surface area is 110 Å². The van der Waals surface area contributed by atoms with Crippen LogP contribution in [0.3, 0.4) is 0 Å². The van der Waals surface area contributed by atoms with E-state index in [9.17, 15) is 13.6 Å². The lowest BCUT2D eigenvalue weighted by atomic mass is 9.89. The Morgan fingerprint density at radius 2 is 2.00 bits per heavy atom. The Bertz CT molecular complexity index is 482. The van der Waals surface area contributed by atoms with Gasteiger partial charge in [0.25, 0.3) is 0 Å². The van der Waals surface area contributed by atoms with Crippen LogP contribution in [0.4, 0.5) is 8.78 Å². The van der Waals surface area contributed by atoms with Gasteiger partial charge in [0.05, 0.1) is 6.21 Å². The monoisotopic (exact) mass is 266 g/mol. The van der Waals surface area contributed by atoms with Crippen LogP contribution in [-0.2, 0) is 4.79 Å². The molecule has 0 unspecified atom stereocenters. The molecule has 1 aliphatic rings. The van der Waals surface area contributed by atoms with Gasteiger partial charge >= 0.3 is 0 Å². The van der Waals surface area contributed by atoms with Crippen molar-refractivity contribution >= 4 is 12.1 Å². The van der Waals surface area contributed by atoms with E-state index in [1.54, 1.807) is 0 Å². The normalized spacial score (nSPS) is 16.7. The molecule has 0 aromatic heterocycles. The molecule has 1 aliphatic carbocycles. The molecule has 19 heavy (non-hydrogen) atoms. The number of amides is 1. The van der Waals surface area contributed by atoms with Crippen molar-refractivity contribution in [2.75, 3.05) is 0 Å². The van der Waals surface area contributed by atoms with Crippen molar-refractivity contribution in [3.63, 3.8) is 0 Å². The third-order valence-corrected chi connectivity index (χ3v) is 3.34. The van der Waals surface area contributed by atoms with E-state index >= 15 is 0 Å². The number of carbonyl (C=O) groups is 1. The van der Waals surface area contributed by atoms with Crippen molar-refractivity contribution in [3.8, 4) is 0 Å². The molecule has 0 spiro atoms. The van der Waals surface area contributed by atoms with Crippen molar-refractivity contribution in [2.45, 2.75) is 32.1 Å². The standard InChI is InChI=1S/C14H16F2N2O/c15-12-8-4-7-11(13(12)16)9-17-18-14(19)10-5-2-1-3-6-10/h4,7-10H,1-3,5-6H2,(H,18,19). The van der Waals surface area contributed by atoms with E-state index in [2.05, 4.69) is 10.5 Å². The Morgan fingerprint density at radius 1 is 1.26 bits per heavy atom. The summed E-state index contributed by atoms with van der Waals surface area (Å²) in [6, 6.07) is 3.82. The maximum atomic E-state index is 13.3. The van der Waals surface area contributed by atoms with Crippen LogP contribution in [0.25, 0.3) is 0 Å². The van der Waals surface area contributed by atoms with E-state index in [1.807, 2.05) is 0 Å². The Kier molecular flexibility index (Phi) is 4.60. The van der Waals surface area contributed by atoms with E-state index in [-0.39, 0.29) is 17.4 Å². The summed E-state index contributed by atoms with van der Waals surface area (Å²) in [6.07, 6.45) is 6.15. The summed E-state index contributed by atoms with van der Waals surface area (Å²) in [4.78, 5) is 11.7. The molecule has 1 saturated carbocycles. The van der Waals surface area contributed by atoms with Crippen molar-refractivity contribution in [3.05, 3.63) is 35.4 Å². The number of hydrogen-bond donors (Lipinski definition) is 1. The summed E-state index contributed by atoms with van der Waals surface area (Å²) in [5, 5.41) is 3.69. The fraction of sp³-hybridized carbons (Fsp3) is 0.429. The minimum Gasteiger partial charge on any atom is -0.273 e. The number of hydrogen-bond acceptors (Lipinski definition) is 2. The number of halogens is 2. The largest absolute Gasteiger partial charge is 0.273 e. The van der Waals surface area contributed by atoms with Crippen molar-refractivity contribution < 1.29 is 13.6 Å². The topological polar surface area (TPSA) is 41.5 Å². The molecular weight excluding hydrogens is 250 g/mol. The summed E-state index contributed by atoms with van der Waals surface area (Å²) in [5.41, 5.74) is 2.41. The van der Waals surface area contributed by atoms with Gasteiger partial charge in [-0.3, -0.25) is 4.79 Å². The van der Waals surface area contributed by atoms with E-state index in [1.165, 1.54) is 18.6 Å². The van der Waals surface area contributed by atoms with Crippen molar-refractivity contribution in [1.82, 2.24) is 5.43 Å². The van der Waals surface area contributed by atoms with Crippen LogP contribution in [-0.4, -0.2) is 12.1 Å². The molecule has 1 N–H and O–H groups in total. The predicted octanol–water partition coefficient (Wildman–Crippen LogP) is 3.00. The van der Waals surface area contributed by atoms with Gasteiger partial charge in [-0.2, -0.15) is 5.10 Å².